The van der Waals surface area contributed by atoms with Gasteiger partial charge in [-0.25, -0.2) is 8.42 Å². The van der Waals surface area contributed by atoms with Crippen molar-refractivity contribution in [3.8, 4) is 5.75 Å². The van der Waals surface area contributed by atoms with Crippen LogP contribution in [-0.2, 0) is 10.0 Å². The van der Waals surface area contributed by atoms with E-state index in [4.69, 9.17) is 4.74 Å². The number of amides is 1. The molecule has 3 aromatic carbocycles. The molecule has 0 spiro atoms. The normalized spacial score (nSPS) is 10.9. The highest BCUT2D eigenvalue weighted by atomic mass is 32.2. The average molecular weight is 455 g/mol. The number of rotatable bonds is 8. The van der Waals surface area contributed by atoms with Crippen molar-refractivity contribution in [2.24, 2.45) is 0 Å². The largest absolute Gasteiger partial charge is 0.494 e. The summed E-state index contributed by atoms with van der Waals surface area (Å²) in [5, 5.41) is 13.6. The maximum absolute atomic E-state index is 12.6. The molecular weight excluding hydrogens is 434 g/mol. The Morgan fingerprint density at radius 2 is 1.62 bits per heavy atom. The molecule has 0 bridgehead atoms. The number of sulfonamides is 1. The molecule has 0 saturated heterocycles. The van der Waals surface area contributed by atoms with E-state index in [2.05, 4.69) is 10.0 Å². The summed E-state index contributed by atoms with van der Waals surface area (Å²) in [6, 6.07) is 16.2. The van der Waals surface area contributed by atoms with Crippen molar-refractivity contribution >= 4 is 33.0 Å². The maximum Gasteiger partial charge on any atom is 0.272 e. The highest BCUT2D eigenvalue weighted by Gasteiger charge is 2.16. The minimum atomic E-state index is -3.82. The predicted octanol–water partition coefficient (Wildman–Crippen LogP) is 4.36. The standard InChI is InChI=1S/C22H21N3O6S/c1-3-31-19-9-5-18(6-10-19)24-32(29,30)20-11-7-17(8-12-20)23-22(26)16-4-13-21(25(27)28)15(2)14-16/h4-14,24H,3H2,1-2H3,(H,23,26). The van der Waals surface area contributed by atoms with E-state index in [9.17, 15) is 23.3 Å². The number of nitrogens with one attached hydrogen (secondary N) is 2. The Kier molecular flexibility index (Phi) is 6.74. The lowest BCUT2D eigenvalue weighted by Crippen LogP contribution is -2.14. The number of hydrogen-bond acceptors (Lipinski definition) is 6. The van der Waals surface area contributed by atoms with Crippen LogP contribution in [0.15, 0.2) is 71.6 Å². The summed E-state index contributed by atoms with van der Waals surface area (Å²) in [5.74, 6) is 0.171. The highest BCUT2D eigenvalue weighted by Crippen LogP contribution is 2.22. The van der Waals surface area contributed by atoms with Crippen LogP contribution < -0.4 is 14.8 Å². The zero-order valence-electron chi connectivity index (χ0n) is 17.4. The number of carbonyl (C=O) groups excluding carboxylic acids is 1. The fraction of sp³-hybridized carbons (Fsp3) is 0.136. The van der Waals surface area contributed by atoms with Crippen LogP contribution in [-0.4, -0.2) is 25.9 Å². The molecule has 10 heteroatoms. The fourth-order valence-electron chi connectivity index (χ4n) is 2.92. The lowest BCUT2D eigenvalue weighted by molar-refractivity contribution is -0.385. The number of nitro groups is 1. The van der Waals surface area contributed by atoms with Crippen molar-refractivity contribution in [2.75, 3.05) is 16.6 Å². The van der Waals surface area contributed by atoms with Gasteiger partial charge in [0.15, 0.2) is 0 Å². The first-order valence-electron chi connectivity index (χ1n) is 9.62. The van der Waals surface area contributed by atoms with Crippen molar-refractivity contribution in [1.82, 2.24) is 0 Å². The molecule has 32 heavy (non-hydrogen) atoms. The van der Waals surface area contributed by atoms with E-state index in [-0.39, 0.29) is 16.1 Å². The molecule has 3 aromatic rings. The Bertz CT molecular complexity index is 1240. The molecule has 9 nitrogen and oxygen atoms in total. The SMILES string of the molecule is CCOc1ccc(NS(=O)(=O)c2ccc(NC(=O)c3ccc([N+](=O)[O-])c(C)c3)cc2)cc1. The molecule has 0 saturated carbocycles. The molecule has 0 fully saturated rings. The first kappa shape index (κ1) is 22.8. The van der Waals surface area contributed by atoms with Crippen LogP contribution in [0.4, 0.5) is 17.1 Å². The topological polar surface area (TPSA) is 128 Å². The third-order valence-corrected chi connectivity index (χ3v) is 5.89. The number of anilines is 2. The molecule has 0 aliphatic rings. The Balaban J connectivity index is 1.69. The second kappa shape index (κ2) is 9.48. The number of benzene rings is 3. The van der Waals surface area contributed by atoms with Crippen molar-refractivity contribution < 1.29 is 22.9 Å². The van der Waals surface area contributed by atoms with Gasteiger partial charge in [0.1, 0.15) is 5.75 Å². The fourth-order valence-corrected chi connectivity index (χ4v) is 3.98. The van der Waals surface area contributed by atoms with E-state index in [1.54, 1.807) is 31.2 Å². The molecule has 0 unspecified atom stereocenters. The third-order valence-electron chi connectivity index (χ3n) is 4.50. The lowest BCUT2D eigenvalue weighted by Gasteiger charge is -2.10. The average Bonchev–Trinajstić information content (AvgIpc) is 2.75. The van der Waals surface area contributed by atoms with Crippen molar-refractivity contribution in [3.63, 3.8) is 0 Å². The zero-order valence-corrected chi connectivity index (χ0v) is 18.2. The summed E-state index contributed by atoms with van der Waals surface area (Å²) in [5.41, 5.74) is 1.31. The number of carbonyl (C=O) groups is 1. The monoisotopic (exact) mass is 455 g/mol. The van der Waals surface area contributed by atoms with E-state index in [1.807, 2.05) is 6.92 Å². The van der Waals surface area contributed by atoms with Gasteiger partial charge in [0.2, 0.25) is 0 Å². The zero-order chi connectivity index (χ0) is 23.3. The van der Waals surface area contributed by atoms with E-state index in [1.165, 1.54) is 42.5 Å². The minimum absolute atomic E-state index is 0.0237. The van der Waals surface area contributed by atoms with Crippen LogP contribution in [0.5, 0.6) is 5.75 Å². The Morgan fingerprint density at radius 3 is 2.19 bits per heavy atom. The Morgan fingerprint density at radius 1 is 1.00 bits per heavy atom. The lowest BCUT2D eigenvalue weighted by atomic mass is 10.1. The van der Waals surface area contributed by atoms with Gasteiger partial charge in [-0.1, -0.05) is 0 Å². The quantitative estimate of drug-likeness (QED) is 0.384. The summed E-state index contributed by atoms with van der Waals surface area (Å²) in [6.45, 7) is 3.92. The van der Waals surface area contributed by atoms with Gasteiger partial charge in [-0.05, 0) is 74.5 Å². The summed E-state index contributed by atoms with van der Waals surface area (Å²) < 4.78 is 33.0. The molecule has 1 amide bonds. The van der Waals surface area contributed by atoms with E-state index >= 15 is 0 Å². The molecule has 3 rings (SSSR count). The number of ether oxygens (including phenoxy) is 1. The molecule has 0 heterocycles. The second-order valence-electron chi connectivity index (χ2n) is 6.80. The van der Waals surface area contributed by atoms with E-state index < -0.39 is 20.9 Å². The first-order valence-corrected chi connectivity index (χ1v) is 11.1. The van der Waals surface area contributed by atoms with Crippen LogP contribution in [0, 0.1) is 17.0 Å². The van der Waals surface area contributed by atoms with Gasteiger partial charge in [0.25, 0.3) is 21.6 Å². The van der Waals surface area contributed by atoms with E-state index in [0.717, 1.165) is 0 Å². The molecule has 2 N–H and O–H groups in total. The number of nitrogens with zero attached hydrogens (tertiary/aromatic N) is 1. The van der Waals surface area contributed by atoms with Crippen LogP contribution in [0.2, 0.25) is 0 Å². The van der Waals surface area contributed by atoms with Crippen molar-refractivity contribution in [3.05, 3.63) is 88.0 Å². The molecule has 0 aromatic heterocycles. The predicted molar refractivity (Wildman–Crippen MR) is 121 cm³/mol. The van der Waals surface area contributed by atoms with E-state index in [0.29, 0.717) is 29.3 Å². The smallest absolute Gasteiger partial charge is 0.272 e. The molecular formula is C22H21N3O6S. The number of hydrogen-bond donors (Lipinski definition) is 2. The number of nitro benzene ring substituents is 1. The van der Waals surface area contributed by atoms with Crippen molar-refractivity contribution in [1.29, 1.82) is 0 Å². The Hall–Kier alpha value is -3.92. The Labute approximate surface area is 185 Å². The van der Waals surface area contributed by atoms with Gasteiger partial charge in [0, 0.05) is 28.6 Å². The minimum Gasteiger partial charge on any atom is -0.494 e. The maximum atomic E-state index is 12.6. The molecule has 0 radical (unpaired) electrons. The van der Waals surface area contributed by atoms with Crippen LogP contribution in [0.3, 0.4) is 0 Å². The third kappa shape index (κ3) is 5.41. The first-order chi connectivity index (χ1) is 15.2. The summed E-state index contributed by atoms with van der Waals surface area (Å²) in [6.07, 6.45) is 0. The van der Waals surface area contributed by atoms with Gasteiger partial charge < -0.3 is 10.1 Å². The van der Waals surface area contributed by atoms with Crippen molar-refractivity contribution in [2.45, 2.75) is 18.7 Å². The van der Waals surface area contributed by atoms with Gasteiger partial charge in [-0.3, -0.25) is 19.6 Å². The van der Waals surface area contributed by atoms with Crippen LogP contribution in [0.25, 0.3) is 0 Å². The highest BCUT2D eigenvalue weighted by molar-refractivity contribution is 7.92. The van der Waals surface area contributed by atoms with Gasteiger partial charge in [-0.2, -0.15) is 0 Å². The van der Waals surface area contributed by atoms with Crippen LogP contribution >= 0.6 is 0 Å². The molecule has 0 aliphatic heterocycles. The van der Waals surface area contributed by atoms with Gasteiger partial charge in [0.05, 0.1) is 16.4 Å². The second-order valence-corrected chi connectivity index (χ2v) is 8.48. The summed E-state index contributed by atoms with van der Waals surface area (Å²) in [4.78, 5) is 22.8. The molecule has 0 atom stereocenters. The molecule has 166 valence electrons. The van der Waals surface area contributed by atoms with Gasteiger partial charge >= 0.3 is 0 Å². The summed E-state index contributed by atoms with van der Waals surface area (Å²) >= 11 is 0. The molecule has 0 aliphatic carbocycles. The van der Waals surface area contributed by atoms with Crippen LogP contribution in [0.1, 0.15) is 22.8 Å². The summed E-state index contributed by atoms with van der Waals surface area (Å²) in [7, 11) is -3.82. The van der Waals surface area contributed by atoms with Gasteiger partial charge in [-0.15, -0.1) is 0 Å². The number of aryl methyl sites for hydroxylation is 1.